The summed E-state index contributed by atoms with van der Waals surface area (Å²) in [6, 6.07) is 7.40. The number of hydrogen-bond acceptors (Lipinski definition) is 3. The van der Waals surface area contributed by atoms with Crippen LogP contribution in [-0.4, -0.2) is 24.4 Å². The molecule has 0 N–H and O–H groups in total. The van der Waals surface area contributed by atoms with Gasteiger partial charge < -0.3 is 14.0 Å². The van der Waals surface area contributed by atoms with Crippen LogP contribution in [0.4, 0.5) is 0 Å². The van der Waals surface area contributed by atoms with E-state index in [-0.39, 0.29) is 5.56 Å². The number of pyridine rings is 1. The number of aromatic nitrogens is 1. The van der Waals surface area contributed by atoms with Crippen LogP contribution >= 0.6 is 0 Å². The number of ether oxygens (including phenoxy) is 2. The summed E-state index contributed by atoms with van der Waals surface area (Å²) in [5.41, 5.74) is -0.0220. The molecule has 0 saturated heterocycles. The van der Waals surface area contributed by atoms with E-state index in [1.54, 1.807) is 16.8 Å². The van der Waals surface area contributed by atoms with Crippen LogP contribution in [0, 0.1) is 0 Å². The lowest BCUT2D eigenvalue weighted by atomic mass is 10.1. The van der Waals surface area contributed by atoms with Crippen LogP contribution in [0.15, 0.2) is 47.9 Å². The Bertz CT molecular complexity index is 646. The van der Waals surface area contributed by atoms with Gasteiger partial charge in [-0.2, -0.15) is 0 Å². The first kappa shape index (κ1) is 14.3. The van der Waals surface area contributed by atoms with Gasteiger partial charge in [0.2, 0.25) is 0 Å². The predicted octanol–water partition coefficient (Wildman–Crippen LogP) is 2.60. The topological polar surface area (TPSA) is 40.5 Å². The van der Waals surface area contributed by atoms with Gasteiger partial charge >= 0.3 is 0 Å². The largest absolute Gasteiger partial charge is 0.489 e. The summed E-state index contributed by atoms with van der Waals surface area (Å²) < 4.78 is 12.5. The van der Waals surface area contributed by atoms with Crippen LogP contribution in [0.2, 0.25) is 0 Å². The number of benzene rings is 1. The molecule has 0 aliphatic heterocycles. The molecule has 0 spiro atoms. The summed E-state index contributed by atoms with van der Waals surface area (Å²) in [6.45, 7) is 7.73. The van der Waals surface area contributed by atoms with Gasteiger partial charge in [-0.1, -0.05) is 18.7 Å². The van der Waals surface area contributed by atoms with E-state index in [0.717, 1.165) is 5.39 Å². The average Bonchev–Trinajstić information content (AvgIpc) is 2.48. The standard InChI is InChI=1S/C16H19NO3/c1-3-11-20-15-7-5-6-14-13(15)8-9-17(16(14)18)10-12-19-4-2/h3,5-9H,1,4,10-12H2,2H3. The zero-order valence-corrected chi connectivity index (χ0v) is 11.7. The minimum absolute atomic E-state index is 0.0220. The van der Waals surface area contributed by atoms with E-state index < -0.39 is 0 Å². The van der Waals surface area contributed by atoms with Gasteiger partial charge in [-0.15, -0.1) is 0 Å². The Morgan fingerprint density at radius 3 is 2.90 bits per heavy atom. The zero-order chi connectivity index (χ0) is 14.4. The molecule has 0 bridgehead atoms. The fourth-order valence-corrected chi connectivity index (χ4v) is 2.05. The Morgan fingerprint density at radius 1 is 1.30 bits per heavy atom. The molecule has 1 heterocycles. The molecule has 0 amide bonds. The first-order valence-corrected chi connectivity index (χ1v) is 6.71. The van der Waals surface area contributed by atoms with Crippen LogP contribution in [0.1, 0.15) is 6.92 Å². The van der Waals surface area contributed by atoms with E-state index in [2.05, 4.69) is 6.58 Å². The smallest absolute Gasteiger partial charge is 0.258 e. The Morgan fingerprint density at radius 2 is 2.15 bits per heavy atom. The molecule has 0 unspecified atom stereocenters. The van der Waals surface area contributed by atoms with E-state index in [1.807, 2.05) is 31.2 Å². The highest BCUT2D eigenvalue weighted by Gasteiger charge is 2.07. The maximum atomic E-state index is 12.4. The summed E-state index contributed by atoms with van der Waals surface area (Å²) in [5.74, 6) is 0.705. The van der Waals surface area contributed by atoms with Gasteiger partial charge in [0.05, 0.1) is 12.0 Å². The van der Waals surface area contributed by atoms with E-state index in [9.17, 15) is 4.79 Å². The average molecular weight is 273 g/mol. The quantitative estimate of drug-likeness (QED) is 0.575. The first-order chi connectivity index (χ1) is 9.77. The third kappa shape index (κ3) is 3.08. The molecule has 0 aliphatic rings. The van der Waals surface area contributed by atoms with Crippen molar-refractivity contribution < 1.29 is 9.47 Å². The number of hydrogen-bond donors (Lipinski definition) is 0. The van der Waals surface area contributed by atoms with Crippen molar-refractivity contribution >= 4 is 10.8 Å². The first-order valence-electron chi connectivity index (χ1n) is 6.71. The highest BCUT2D eigenvalue weighted by Crippen LogP contribution is 2.22. The molecular weight excluding hydrogens is 254 g/mol. The van der Waals surface area contributed by atoms with Gasteiger partial charge in [0.1, 0.15) is 12.4 Å². The normalized spacial score (nSPS) is 10.7. The predicted molar refractivity (Wildman–Crippen MR) is 80.4 cm³/mol. The van der Waals surface area contributed by atoms with Crippen LogP contribution in [-0.2, 0) is 11.3 Å². The minimum atomic E-state index is -0.0220. The number of fused-ring (bicyclic) bond motifs is 1. The van der Waals surface area contributed by atoms with Crippen LogP contribution in [0.25, 0.3) is 10.8 Å². The summed E-state index contributed by atoms with van der Waals surface area (Å²) in [4.78, 5) is 12.4. The SMILES string of the molecule is C=CCOc1cccc2c(=O)n(CCOCC)ccc12. The fraction of sp³-hybridized carbons (Fsp3) is 0.312. The number of nitrogens with zero attached hydrogens (tertiary/aromatic N) is 1. The molecule has 2 aromatic rings. The van der Waals surface area contributed by atoms with Crippen LogP contribution < -0.4 is 10.3 Å². The fourth-order valence-electron chi connectivity index (χ4n) is 2.05. The van der Waals surface area contributed by atoms with Crippen molar-refractivity contribution in [3.8, 4) is 5.75 Å². The second-order valence-corrected chi connectivity index (χ2v) is 4.33. The van der Waals surface area contributed by atoms with Gasteiger partial charge in [-0.05, 0) is 25.1 Å². The molecule has 0 radical (unpaired) electrons. The van der Waals surface area contributed by atoms with Crippen molar-refractivity contribution in [3.63, 3.8) is 0 Å². The third-order valence-corrected chi connectivity index (χ3v) is 3.02. The van der Waals surface area contributed by atoms with Gasteiger partial charge in [0, 0.05) is 24.7 Å². The number of rotatable bonds is 7. The van der Waals surface area contributed by atoms with Crippen molar-refractivity contribution in [3.05, 3.63) is 53.5 Å². The van der Waals surface area contributed by atoms with Crippen molar-refractivity contribution in [2.45, 2.75) is 13.5 Å². The molecule has 1 aromatic carbocycles. The Kier molecular flexibility index (Phi) is 4.96. The van der Waals surface area contributed by atoms with E-state index >= 15 is 0 Å². The van der Waals surface area contributed by atoms with E-state index in [1.165, 1.54) is 0 Å². The highest BCUT2D eigenvalue weighted by atomic mass is 16.5. The lowest BCUT2D eigenvalue weighted by Gasteiger charge is -2.10. The molecule has 0 atom stereocenters. The van der Waals surface area contributed by atoms with Gasteiger partial charge in [-0.25, -0.2) is 0 Å². The summed E-state index contributed by atoms with van der Waals surface area (Å²) in [6.07, 6.45) is 3.46. The second kappa shape index (κ2) is 6.91. The molecule has 2 rings (SSSR count). The molecule has 4 heteroatoms. The molecule has 4 nitrogen and oxygen atoms in total. The Labute approximate surface area is 118 Å². The van der Waals surface area contributed by atoms with Crippen LogP contribution in [0.3, 0.4) is 0 Å². The van der Waals surface area contributed by atoms with Crippen molar-refractivity contribution in [1.29, 1.82) is 0 Å². The molecule has 0 aliphatic carbocycles. The van der Waals surface area contributed by atoms with Gasteiger partial charge in [-0.3, -0.25) is 4.79 Å². The molecular formula is C16H19NO3. The monoisotopic (exact) mass is 273 g/mol. The van der Waals surface area contributed by atoms with Crippen molar-refractivity contribution in [2.24, 2.45) is 0 Å². The molecule has 20 heavy (non-hydrogen) atoms. The molecule has 0 fully saturated rings. The lowest BCUT2D eigenvalue weighted by molar-refractivity contribution is 0.138. The van der Waals surface area contributed by atoms with E-state index in [0.29, 0.717) is 37.5 Å². The van der Waals surface area contributed by atoms with E-state index in [4.69, 9.17) is 9.47 Å². The summed E-state index contributed by atoms with van der Waals surface area (Å²) in [7, 11) is 0. The summed E-state index contributed by atoms with van der Waals surface area (Å²) >= 11 is 0. The Hall–Kier alpha value is -2.07. The Balaban J connectivity index is 2.36. The maximum Gasteiger partial charge on any atom is 0.258 e. The van der Waals surface area contributed by atoms with Gasteiger partial charge in [0.15, 0.2) is 0 Å². The van der Waals surface area contributed by atoms with Crippen molar-refractivity contribution in [1.82, 2.24) is 4.57 Å². The zero-order valence-electron chi connectivity index (χ0n) is 11.7. The highest BCUT2D eigenvalue weighted by molar-refractivity contribution is 5.87. The molecule has 0 saturated carbocycles. The van der Waals surface area contributed by atoms with Crippen LogP contribution in [0.5, 0.6) is 5.75 Å². The molecule has 106 valence electrons. The third-order valence-electron chi connectivity index (χ3n) is 3.02. The van der Waals surface area contributed by atoms with Gasteiger partial charge in [0.25, 0.3) is 5.56 Å². The second-order valence-electron chi connectivity index (χ2n) is 4.33. The molecule has 1 aromatic heterocycles. The maximum absolute atomic E-state index is 12.4. The minimum Gasteiger partial charge on any atom is -0.489 e. The van der Waals surface area contributed by atoms with Crippen molar-refractivity contribution in [2.75, 3.05) is 19.8 Å². The summed E-state index contributed by atoms with van der Waals surface area (Å²) in [5, 5.41) is 1.48. The lowest BCUT2D eigenvalue weighted by Crippen LogP contribution is -2.22.